The number of hydrogen-bond donors (Lipinski definition) is 4. The minimum atomic E-state index is -1.54. The van der Waals surface area contributed by atoms with E-state index in [9.17, 15) is 24.6 Å². The molecule has 0 amide bonds. The summed E-state index contributed by atoms with van der Waals surface area (Å²) in [5.74, 6) is -4.36. The Labute approximate surface area is 214 Å². The number of nitrogens with one attached hydrogen (secondary N) is 1. The third-order valence-electron chi connectivity index (χ3n) is 5.42. The number of carbonyl (C=O) groups excluding carboxylic acids is 1. The Morgan fingerprint density at radius 2 is 2.03 bits per heavy atom. The molecule has 1 aliphatic heterocycles. The number of ether oxygens (including phenoxy) is 1. The standard InChI is InChI=1S/C22H25ClN4O8S/c1-9-13(14(27-35-9)10-6-4-5-7-11(10)23)17(28)25-15(21(33)34-8-12(24)19(29)30)18-26-16(20(31)32)22(2,3)36-18/h4-7,12,15-16,18,26H,8,24H2,1-3H3,(H,25,28)(H,29,30)(H,31,32)/p-1/t12-,15+,16?,18+/m0/s1. The van der Waals surface area contributed by atoms with Gasteiger partial charge in [-0.05, 0) is 32.7 Å². The number of carboxylic acid groups (broad SMARTS) is 2. The molecular weight excluding hydrogens is 516 g/mol. The molecule has 2 heterocycles. The van der Waals surface area contributed by atoms with E-state index in [-0.39, 0.29) is 17.0 Å². The number of aliphatic imine (C=N–C) groups is 1. The Morgan fingerprint density at radius 1 is 1.36 bits per heavy atom. The number of esters is 1. The molecule has 14 heteroatoms. The molecule has 1 aliphatic rings. The molecule has 0 bridgehead atoms. The summed E-state index contributed by atoms with van der Waals surface area (Å²) in [4.78, 5) is 39.7. The summed E-state index contributed by atoms with van der Waals surface area (Å²) in [5.41, 5.74) is 5.89. The van der Waals surface area contributed by atoms with Gasteiger partial charge in [0.25, 0.3) is 0 Å². The van der Waals surface area contributed by atoms with E-state index < -0.39 is 58.7 Å². The van der Waals surface area contributed by atoms with Crippen molar-refractivity contribution >= 4 is 47.2 Å². The normalized spacial score (nSPS) is 21.1. The lowest BCUT2D eigenvalue weighted by Crippen LogP contribution is -2.48. The molecule has 1 saturated heterocycles. The maximum absolute atomic E-state index is 13.3. The van der Waals surface area contributed by atoms with Crippen LogP contribution >= 0.6 is 23.4 Å². The zero-order chi connectivity index (χ0) is 26.8. The van der Waals surface area contributed by atoms with Crippen LogP contribution in [0.15, 0.2) is 33.8 Å². The van der Waals surface area contributed by atoms with E-state index in [0.717, 1.165) is 11.8 Å². The number of halogens is 1. The molecule has 2 aromatic rings. The molecule has 1 aromatic carbocycles. The highest BCUT2D eigenvalue weighted by Gasteiger charge is 2.49. The number of carboxylic acids is 2. The second-order valence-corrected chi connectivity index (χ2v) is 10.7. The first-order chi connectivity index (χ1) is 16.8. The first-order valence-electron chi connectivity index (χ1n) is 10.6. The summed E-state index contributed by atoms with van der Waals surface area (Å²) in [6, 6.07) is 2.52. The monoisotopic (exact) mass is 539 g/mol. The van der Waals surface area contributed by atoms with E-state index in [1.165, 1.54) is 6.92 Å². The van der Waals surface area contributed by atoms with Gasteiger partial charge in [-0.15, -0.1) is 11.8 Å². The molecule has 12 nitrogen and oxygen atoms in total. The van der Waals surface area contributed by atoms with Crippen LogP contribution in [0.5, 0.6) is 0 Å². The quantitative estimate of drug-likeness (QED) is 0.197. The molecule has 1 unspecified atom stereocenters. The second-order valence-electron chi connectivity index (χ2n) is 8.48. The molecule has 36 heavy (non-hydrogen) atoms. The fourth-order valence-electron chi connectivity index (χ4n) is 3.54. The molecular formula is C22H24ClN4O8S-. The van der Waals surface area contributed by atoms with E-state index in [0.29, 0.717) is 10.6 Å². The van der Waals surface area contributed by atoms with E-state index in [1.807, 2.05) is 0 Å². The molecule has 0 radical (unpaired) electrons. The zero-order valence-electron chi connectivity index (χ0n) is 19.4. The maximum atomic E-state index is 13.3. The van der Waals surface area contributed by atoms with Gasteiger partial charge >= 0.3 is 17.9 Å². The van der Waals surface area contributed by atoms with Gasteiger partial charge in [-0.3, -0.25) is 19.9 Å². The van der Waals surface area contributed by atoms with E-state index in [4.69, 9.17) is 31.7 Å². The lowest BCUT2D eigenvalue weighted by molar-refractivity contribution is -0.213. The molecule has 5 N–H and O–H groups in total. The van der Waals surface area contributed by atoms with Crippen molar-refractivity contribution in [3.63, 3.8) is 0 Å². The predicted molar refractivity (Wildman–Crippen MR) is 129 cm³/mol. The fourth-order valence-corrected chi connectivity index (χ4v) is 5.23. The number of hydrogen-bond acceptors (Lipinski definition) is 11. The van der Waals surface area contributed by atoms with Gasteiger partial charge in [0, 0.05) is 10.3 Å². The summed E-state index contributed by atoms with van der Waals surface area (Å²) in [6.07, 6.45) is 0. The molecule has 0 aliphatic carbocycles. The SMILES string of the molecule is Cc1onc(-c2ccccc2Cl)c1C([O-])=N[C@@H](C(=O)OC[C@H](N)C(=O)O)[C@@H]1NC(C(=O)O)C(C)(C)S1. The summed E-state index contributed by atoms with van der Waals surface area (Å²) < 4.78 is 9.35. The smallest absolute Gasteiger partial charge is 0.333 e. The largest absolute Gasteiger partial charge is 0.858 e. The van der Waals surface area contributed by atoms with E-state index in [1.54, 1.807) is 38.1 Å². The number of aromatic nitrogens is 1. The van der Waals surface area contributed by atoms with Crippen molar-refractivity contribution in [3.05, 3.63) is 40.6 Å². The Balaban J connectivity index is 2.01. The van der Waals surface area contributed by atoms with Gasteiger partial charge in [-0.2, -0.15) is 0 Å². The maximum Gasteiger partial charge on any atom is 0.333 e. The number of rotatable bonds is 9. The van der Waals surface area contributed by atoms with Crippen LogP contribution in [0.3, 0.4) is 0 Å². The van der Waals surface area contributed by atoms with Crippen molar-refractivity contribution in [2.45, 2.75) is 49.0 Å². The van der Waals surface area contributed by atoms with Crippen LogP contribution in [-0.4, -0.2) is 74.0 Å². The number of thioether (sulfide) groups is 1. The highest BCUT2D eigenvalue weighted by Crippen LogP contribution is 2.40. The topological polar surface area (TPSA) is 200 Å². The zero-order valence-corrected chi connectivity index (χ0v) is 21.0. The summed E-state index contributed by atoms with van der Waals surface area (Å²) in [5, 5.41) is 37.9. The van der Waals surface area contributed by atoms with Crippen molar-refractivity contribution in [1.82, 2.24) is 10.5 Å². The highest BCUT2D eigenvalue weighted by atomic mass is 35.5. The number of nitrogens with zero attached hydrogens (tertiary/aromatic N) is 2. The molecule has 194 valence electrons. The van der Waals surface area contributed by atoms with Crippen LogP contribution < -0.4 is 16.2 Å². The van der Waals surface area contributed by atoms with Crippen LogP contribution in [-0.2, 0) is 19.1 Å². The molecule has 1 aromatic heterocycles. The number of aryl methyl sites for hydroxylation is 1. The minimum Gasteiger partial charge on any atom is -0.858 e. The predicted octanol–water partition coefficient (Wildman–Crippen LogP) is 0.628. The van der Waals surface area contributed by atoms with Crippen LogP contribution in [0.4, 0.5) is 0 Å². The summed E-state index contributed by atoms with van der Waals surface area (Å²) >= 11 is 7.33. The molecule has 4 atom stereocenters. The number of benzene rings is 1. The third kappa shape index (κ3) is 5.81. The van der Waals surface area contributed by atoms with Crippen molar-refractivity contribution in [2.24, 2.45) is 10.7 Å². The fraction of sp³-hybridized carbons (Fsp3) is 0.409. The van der Waals surface area contributed by atoms with Crippen molar-refractivity contribution < 1.29 is 39.0 Å². The van der Waals surface area contributed by atoms with Crippen molar-refractivity contribution in [2.75, 3.05) is 6.61 Å². The number of aliphatic carboxylic acids is 2. The molecule has 0 saturated carbocycles. The number of carbonyl (C=O) groups is 3. The van der Waals surface area contributed by atoms with E-state index in [2.05, 4.69) is 15.5 Å². The van der Waals surface area contributed by atoms with E-state index >= 15 is 0 Å². The van der Waals surface area contributed by atoms with Crippen molar-refractivity contribution in [1.29, 1.82) is 0 Å². The van der Waals surface area contributed by atoms with Gasteiger partial charge in [0.15, 0.2) is 6.04 Å². The summed E-state index contributed by atoms with van der Waals surface area (Å²) in [7, 11) is 0. The van der Waals surface area contributed by atoms with Gasteiger partial charge in [-0.25, -0.2) is 4.79 Å². The first-order valence-corrected chi connectivity index (χ1v) is 11.9. The first kappa shape index (κ1) is 27.5. The summed E-state index contributed by atoms with van der Waals surface area (Å²) in [6.45, 7) is 4.14. The van der Waals surface area contributed by atoms with Crippen molar-refractivity contribution in [3.8, 4) is 11.3 Å². The second kappa shape index (κ2) is 10.9. The third-order valence-corrected chi connectivity index (χ3v) is 7.24. The lowest BCUT2D eigenvalue weighted by atomic mass is 10.0. The highest BCUT2D eigenvalue weighted by molar-refractivity contribution is 8.01. The molecule has 3 rings (SSSR count). The van der Waals surface area contributed by atoms with Crippen LogP contribution in [0.1, 0.15) is 25.2 Å². The molecule has 0 spiro atoms. The van der Waals surface area contributed by atoms with Gasteiger partial charge in [0.1, 0.15) is 30.1 Å². The van der Waals surface area contributed by atoms with Gasteiger partial charge < -0.3 is 30.3 Å². The molecule has 1 fully saturated rings. The van der Waals surface area contributed by atoms with Gasteiger partial charge in [-0.1, -0.05) is 35.0 Å². The Kier molecular flexibility index (Phi) is 8.29. The average Bonchev–Trinajstić information content (AvgIpc) is 3.34. The van der Waals surface area contributed by atoms with Crippen LogP contribution in [0.25, 0.3) is 11.3 Å². The lowest BCUT2D eigenvalue weighted by Gasteiger charge is -2.23. The van der Waals surface area contributed by atoms with Gasteiger partial charge in [0.2, 0.25) is 0 Å². The van der Waals surface area contributed by atoms with Crippen LogP contribution in [0, 0.1) is 6.92 Å². The average molecular weight is 540 g/mol. The Hall–Kier alpha value is -3.13. The van der Waals surface area contributed by atoms with Gasteiger partial charge in [0.05, 0.1) is 16.0 Å². The number of nitrogens with two attached hydrogens (primary N) is 1. The Bertz CT molecular complexity index is 1200. The minimum absolute atomic E-state index is 0.0415. The Morgan fingerprint density at radius 3 is 2.61 bits per heavy atom. The van der Waals surface area contributed by atoms with Crippen LogP contribution in [0.2, 0.25) is 5.02 Å².